The summed E-state index contributed by atoms with van der Waals surface area (Å²) in [5.41, 5.74) is 1.68. The Kier molecular flexibility index (Phi) is 7.74. The van der Waals surface area contributed by atoms with Crippen molar-refractivity contribution in [2.45, 2.75) is 138 Å². The first kappa shape index (κ1) is 24.6. The highest BCUT2D eigenvalue weighted by Gasteiger charge is 2.59. The summed E-state index contributed by atoms with van der Waals surface area (Å²) in [6.07, 6.45) is 18.1. The molecule has 0 heterocycles. The van der Waals surface area contributed by atoms with Crippen LogP contribution in [0.15, 0.2) is 0 Å². The molecule has 30 heavy (non-hydrogen) atoms. The minimum absolute atomic E-state index is 0.00700. The molecule has 176 valence electrons. The van der Waals surface area contributed by atoms with Gasteiger partial charge in [-0.3, -0.25) is 0 Å². The van der Waals surface area contributed by atoms with Gasteiger partial charge in [0.2, 0.25) is 0 Å². The average molecular weight is 419 g/mol. The van der Waals surface area contributed by atoms with Crippen molar-refractivity contribution < 1.29 is 5.11 Å². The van der Waals surface area contributed by atoms with Crippen molar-refractivity contribution in [3.05, 3.63) is 0 Å². The van der Waals surface area contributed by atoms with Crippen LogP contribution in [0.4, 0.5) is 0 Å². The van der Waals surface area contributed by atoms with E-state index >= 15 is 0 Å². The summed E-state index contributed by atoms with van der Waals surface area (Å²) in [6.45, 7) is 16.5. The normalized spacial score (nSPS) is 45.6. The van der Waals surface area contributed by atoms with Crippen molar-refractivity contribution in [3.8, 4) is 0 Å². The van der Waals surface area contributed by atoms with Crippen molar-refractivity contribution in [1.29, 1.82) is 0 Å². The van der Waals surface area contributed by atoms with Crippen molar-refractivity contribution in [2.24, 2.45) is 45.8 Å². The van der Waals surface area contributed by atoms with Crippen LogP contribution in [0.5, 0.6) is 0 Å². The Labute approximate surface area is 189 Å². The van der Waals surface area contributed by atoms with Crippen LogP contribution in [0.2, 0.25) is 0 Å². The molecule has 0 aromatic carbocycles. The first-order chi connectivity index (χ1) is 14.1. The molecule has 0 aliphatic heterocycles. The Morgan fingerprint density at radius 3 is 2.17 bits per heavy atom. The van der Waals surface area contributed by atoms with E-state index in [9.17, 15) is 5.11 Å². The van der Waals surface area contributed by atoms with Crippen LogP contribution in [-0.2, 0) is 0 Å². The molecule has 7 unspecified atom stereocenters. The Morgan fingerprint density at radius 1 is 0.800 bits per heavy atom. The van der Waals surface area contributed by atoms with Crippen LogP contribution in [-0.4, -0.2) is 11.2 Å². The molecular weight excluding hydrogens is 364 g/mol. The topological polar surface area (TPSA) is 20.2 Å². The number of unbranched alkanes of at least 4 members (excludes halogenated alkanes) is 1. The zero-order valence-corrected chi connectivity index (χ0v) is 21.6. The molecular formula is C29H54O. The zero-order valence-electron chi connectivity index (χ0n) is 21.6. The lowest BCUT2D eigenvalue weighted by molar-refractivity contribution is -0.127. The third kappa shape index (κ3) is 4.67. The van der Waals surface area contributed by atoms with E-state index in [1.807, 2.05) is 13.8 Å². The lowest BCUT2D eigenvalue weighted by Crippen LogP contribution is -2.53. The van der Waals surface area contributed by atoms with Gasteiger partial charge in [-0.15, -0.1) is 0 Å². The number of aliphatic hydroxyl groups is 1. The van der Waals surface area contributed by atoms with Gasteiger partial charge in [0.05, 0.1) is 6.10 Å². The molecule has 0 amide bonds. The van der Waals surface area contributed by atoms with Crippen LogP contribution < -0.4 is 0 Å². The lowest BCUT2D eigenvalue weighted by atomic mass is 9.44. The van der Waals surface area contributed by atoms with Crippen LogP contribution >= 0.6 is 0 Å². The summed E-state index contributed by atoms with van der Waals surface area (Å²) in [5, 5.41) is 10.2. The summed E-state index contributed by atoms with van der Waals surface area (Å²) < 4.78 is 0. The molecule has 4 rings (SSSR count). The van der Waals surface area contributed by atoms with Crippen molar-refractivity contribution in [3.63, 3.8) is 0 Å². The van der Waals surface area contributed by atoms with Crippen LogP contribution in [0.25, 0.3) is 0 Å². The van der Waals surface area contributed by atoms with Gasteiger partial charge in [0.25, 0.3) is 0 Å². The maximum absolute atomic E-state index is 10.2. The van der Waals surface area contributed by atoms with Crippen LogP contribution in [0, 0.1) is 45.8 Å². The van der Waals surface area contributed by atoms with E-state index in [1.165, 1.54) is 70.6 Å². The molecule has 4 saturated carbocycles. The zero-order chi connectivity index (χ0) is 22.2. The average Bonchev–Trinajstić information content (AvgIpc) is 3.03. The van der Waals surface area contributed by atoms with E-state index in [1.54, 1.807) is 0 Å². The molecule has 0 spiro atoms. The predicted octanol–water partition coefficient (Wildman–Crippen LogP) is 8.64. The monoisotopic (exact) mass is 418 g/mol. The molecule has 4 fully saturated rings. The van der Waals surface area contributed by atoms with Crippen LogP contribution in [0.3, 0.4) is 0 Å². The predicted molar refractivity (Wildman–Crippen MR) is 130 cm³/mol. The van der Waals surface area contributed by atoms with E-state index in [-0.39, 0.29) is 6.10 Å². The molecule has 0 bridgehead atoms. The quantitative estimate of drug-likeness (QED) is 0.453. The molecule has 4 aliphatic rings. The van der Waals surface area contributed by atoms with Crippen LogP contribution in [0.1, 0.15) is 132 Å². The highest BCUT2D eigenvalue weighted by molar-refractivity contribution is 5.09. The molecule has 4 aliphatic carbocycles. The molecule has 0 radical (unpaired) electrons. The number of rotatable bonds is 4. The molecule has 1 N–H and O–H groups in total. The highest BCUT2D eigenvalue weighted by Crippen LogP contribution is 2.67. The number of hydrogen-bond acceptors (Lipinski definition) is 1. The standard InChI is InChI=1S/C27H48O.C2H6/c1-25(2,3)15-7-6-8-19-10-12-23-22-11-9-20-18-21(28)13-16-27(20,5)24(22)14-17-26(19,23)4;1-2/h19-24,28H,6-18H2,1-5H3;1-2H3/t19-,20?,21?,22?,23?,24?,26?,27?;/m0./s1. The smallest absolute Gasteiger partial charge is 0.0543 e. The minimum Gasteiger partial charge on any atom is -0.393 e. The maximum Gasteiger partial charge on any atom is 0.0543 e. The molecule has 1 nitrogen and oxygen atoms in total. The highest BCUT2D eigenvalue weighted by atomic mass is 16.3. The lowest BCUT2D eigenvalue weighted by Gasteiger charge is -2.61. The summed E-state index contributed by atoms with van der Waals surface area (Å²) >= 11 is 0. The van der Waals surface area contributed by atoms with Gasteiger partial charge in [-0.05, 0) is 116 Å². The molecule has 1 heteroatoms. The minimum atomic E-state index is -0.00700. The second-order valence-electron chi connectivity index (χ2n) is 13.2. The molecule has 0 saturated heterocycles. The summed E-state index contributed by atoms with van der Waals surface area (Å²) in [4.78, 5) is 0. The van der Waals surface area contributed by atoms with Gasteiger partial charge in [0, 0.05) is 0 Å². The molecule has 8 atom stereocenters. The summed E-state index contributed by atoms with van der Waals surface area (Å²) in [6, 6.07) is 0. The van der Waals surface area contributed by atoms with Gasteiger partial charge in [0.1, 0.15) is 0 Å². The second-order valence-corrected chi connectivity index (χ2v) is 13.2. The second kappa shape index (κ2) is 9.44. The fourth-order valence-corrected chi connectivity index (χ4v) is 8.86. The fourth-order valence-electron chi connectivity index (χ4n) is 8.86. The van der Waals surface area contributed by atoms with Gasteiger partial charge in [0.15, 0.2) is 0 Å². The first-order valence-corrected chi connectivity index (χ1v) is 13.8. The number of hydrogen-bond donors (Lipinski definition) is 1. The summed E-state index contributed by atoms with van der Waals surface area (Å²) in [7, 11) is 0. The van der Waals surface area contributed by atoms with Gasteiger partial charge in [-0.2, -0.15) is 0 Å². The van der Waals surface area contributed by atoms with Gasteiger partial charge in [-0.25, -0.2) is 0 Å². The largest absolute Gasteiger partial charge is 0.393 e. The molecule has 0 aromatic rings. The summed E-state index contributed by atoms with van der Waals surface area (Å²) in [5.74, 6) is 4.75. The molecule has 0 aromatic heterocycles. The Hall–Kier alpha value is -0.0400. The SMILES string of the molecule is CC.CC(C)(C)CCCC[C@H]1CCC2C3CCC4CC(O)CCC4(C)C3CCC21C. The fraction of sp³-hybridized carbons (Fsp3) is 1.00. The Morgan fingerprint density at radius 2 is 1.47 bits per heavy atom. The third-order valence-electron chi connectivity index (χ3n) is 10.6. The van der Waals surface area contributed by atoms with Gasteiger partial charge < -0.3 is 5.11 Å². The first-order valence-electron chi connectivity index (χ1n) is 13.8. The van der Waals surface area contributed by atoms with E-state index in [0.29, 0.717) is 16.2 Å². The van der Waals surface area contributed by atoms with Crippen molar-refractivity contribution in [1.82, 2.24) is 0 Å². The van der Waals surface area contributed by atoms with E-state index in [2.05, 4.69) is 34.6 Å². The maximum atomic E-state index is 10.2. The van der Waals surface area contributed by atoms with E-state index in [0.717, 1.165) is 42.4 Å². The van der Waals surface area contributed by atoms with Gasteiger partial charge in [-0.1, -0.05) is 61.3 Å². The van der Waals surface area contributed by atoms with E-state index < -0.39 is 0 Å². The Bertz CT molecular complexity index is 547. The van der Waals surface area contributed by atoms with Crippen molar-refractivity contribution >= 4 is 0 Å². The third-order valence-corrected chi connectivity index (χ3v) is 10.6. The van der Waals surface area contributed by atoms with E-state index in [4.69, 9.17) is 0 Å². The number of fused-ring (bicyclic) bond motifs is 5. The number of aliphatic hydroxyl groups excluding tert-OH is 1. The Balaban J connectivity index is 0.00000124. The van der Waals surface area contributed by atoms with Crippen molar-refractivity contribution in [2.75, 3.05) is 0 Å². The van der Waals surface area contributed by atoms with Gasteiger partial charge >= 0.3 is 0 Å².